The molecule has 20 heavy (non-hydrogen) atoms. The number of hydrogen-bond acceptors (Lipinski definition) is 3. The minimum Gasteiger partial charge on any atom is -0.378 e. The van der Waals surface area contributed by atoms with E-state index in [4.69, 9.17) is 5.73 Å². The van der Waals surface area contributed by atoms with Crippen molar-refractivity contribution in [1.82, 2.24) is 4.90 Å². The number of carbonyl (C=O) groups excluding carboxylic acids is 2. The molecule has 1 atom stereocenters. The van der Waals surface area contributed by atoms with Gasteiger partial charge in [0.25, 0.3) is 5.91 Å². The lowest BCUT2D eigenvalue weighted by atomic mass is 10.0. The number of halogens is 1. The highest BCUT2D eigenvalue weighted by Crippen LogP contribution is 2.23. The second kappa shape index (κ2) is 5.09. The number of rotatable bonds is 2. The molecular weight excluding hydrogens is 265 g/mol. The van der Waals surface area contributed by atoms with Gasteiger partial charge in [-0.25, -0.2) is 9.18 Å². The lowest BCUT2D eigenvalue weighted by Gasteiger charge is -2.25. The number of likely N-dealkylation sites (tertiary alicyclic amines) is 1. The molecule has 7 heteroatoms. The van der Waals surface area contributed by atoms with E-state index in [1.54, 1.807) is 0 Å². The van der Waals surface area contributed by atoms with E-state index >= 15 is 0 Å². The van der Waals surface area contributed by atoms with Gasteiger partial charge in [-0.05, 0) is 24.3 Å². The molecule has 0 radical (unpaired) electrons. The molecule has 1 heterocycles. The monoisotopic (exact) mass is 281 g/mol. The van der Waals surface area contributed by atoms with Crippen LogP contribution in [0.1, 0.15) is 6.42 Å². The molecule has 0 aliphatic carbocycles. The van der Waals surface area contributed by atoms with Gasteiger partial charge in [0.2, 0.25) is 0 Å². The molecule has 3 amide bonds. The smallest absolute Gasteiger partial charge is 0.324 e. The van der Waals surface area contributed by atoms with Crippen molar-refractivity contribution in [1.29, 1.82) is 0 Å². The van der Waals surface area contributed by atoms with Crippen LogP contribution in [0.15, 0.2) is 24.3 Å². The topological polar surface area (TPSA) is 86.9 Å². The molecule has 0 saturated carbocycles. The van der Waals surface area contributed by atoms with Crippen LogP contribution in [0.2, 0.25) is 0 Å². The number of nitrogens with two attached hydrogens (primary N) is 1. The van der Waals surface area contributed by atoms with Crippen LogP contribution in [-0.2, 0) is 4.79 Å². The minimum atomic E-state index is -1.67. The summed E-state index contributed by atoms with van der Waals surface area (Å²) in [6.07, 6.45) is 0.116. The Balaban J connectivity index is 2.09. The van der Waals surface area contributed by atoms with Crippen LogP contribution in [0.4, 0.5) is 14.9 Å². The molecule has 108 valence electrons. The maximum absolute atomic E-state index is 12.8. The van der Waals surface area contributed by atoms with Gasteiger partial charge in [0.15, 0.2) is 5.60 Å². The number of β-amino-alcohol motifs (C(OH)–C–C–N with tert-alkyl or cyclic N) is 1. The Labute approximate surface area is 115 Å². The average Bonchev–Trinajstić information content (AvgIpc) is 2.82. The highest BCUT2D eigenvalue weighted by atomic mass is 19.1. The largest absolute Gasteiger partial charge is 0.378 e. The number of hydrogen-bond donors (Lipinski definition) is 2. The number of primary amides is 1. The summed E-state index contributed by atoms with van der Waals surface area (Å²) in [6.45, 7) is 0.108. The highest BCUT2D eigenvalue weighted by Gasteiger charge is 2.43. The zero-order valence-corrected chi connectivity index (χ0v) is 11.0. The summed E-state index contributed by atoms with van der Waals surface area (Å²) in [4.78, 5) is 26.1. The second-order valence-corrected chi connectivity index (χ2v) is 4.89. The molecular formula is C13H16FN3O3. The summed E-state index contributed by atoms with van der Waals surface area (Å²) >= 11 is 0. The lowest BCUT2D eigenvalue weighted by Crippen LogP contribution is -2.48. The number of anilines is 1. The van der Waals surface area contributed by atoms with E-state index in [0.717, 1.165) is 0 Å². The molecule has 1 aromatic rings. The molecule has 2 rings (SSSR count). The molecule has 1 saturated heterocycles. The lowest BCUT2D eigenvalue weighted by molar-refractivity contribution is -0.134. The Morgan fingerprint density at radius 2 is 2.00 bits per heavy atom. The predicted molar refractivity (Wildman–Crippen MR) is 70.5 cm³/mol. The fourth-order valence-electron chi connectivity index (χ4n) is 2.15. The Morgan fingerprint density at radius 1 is 1.40 bits per heavy atom. The number of amides is 3. The van der Waals surface area contributed by atoms with Crippen molar-refractivity contribution >= 4 is 17.6 Å². The van der Waals surface area contributed by atoms with Crippen molar-refractivity contribution < 1.29 is 19.1 Å². The van der Waals surface area contributed by atoms with E-state index in [9.17, 15) is 19.1 Å². The van der Waals surface area contributed by atoms with Crippen LogP contribution in [0.5, 0.6) is 0 Å². The van der Waals surface area contributed by atoms with Crippen LogP contribution in [0.3, 0.4) is 0 Å². The molecule has 1 aliphatic rings. The zero-order valence-electron chi connectivity index (χ0n) is 11.0. The van der Waals surface area contributed by atoms with E-state index in [2.05, 4.69) is 0 Å². The number of carbonyl (C=O) groups is 2. The third-order valence-corrected chi connectivity index (χ3v) is 3.48. The Kier molecular flexibility index (Phi) is 3.63. The van der Waals surface area contributed by atoms with Crippen molar-refractivity contribution in [3.63, 3.8) is 0 Å². The maximum atomic E-state index is 12.8. The normalized spacial score (nSPS) is 21.9. The number of aliphatic hydroxyl groups is 1. The maximum Gasteiger partial charge on any atom is 0.324 e. The van der Waals surface area contributed by atoms with E-state index in [1.807, 2.05) is 0 Å². The van der Waals surface area contributed by atoms with Crippen molar-refractivity contribution in [2.24, 2.45) is 5.73 Å². The van der Waals surface area contributed by atoms with Crippen LogP contribution in [0, 0.1) is 5.82 Å². The molecule has 1 aliphatic heterocycles. The van der Waals surface area contributed by atoms with E-state index in [1.165, 1.54) is 41.1 Å². The minimum absolute atomic E-state index is 0.116. The van der Waals surface area contributed by atoms with Crippen LogP contribution in [-0.4, -0.2) is 47.7 Å². The molecule has 0 aromatic heterocycles. The zero-order chi connectivity index (χ0) is 14.9. The van der Waals surface area contributed by atoms with Gasteiger partial charge >= 0.3 is 6.03 Å². The molecule has 1 unspecified atom stereocenters. The predicted octanol–water partition coefficient (Wildman–Crippen LogP) is 0.304. The van der Waals surface area contributed by atoms with Crippen LogP contribution < -0.4 is 10.6 Å². The summed E-state index contributed by atoms with van der Waals surface area (Å²) in [5, 5.41) is 9.94. The molecule has 1 fully saturated rings. The highest BCUT2D eigenvalue weighted by molar-refractivity contribution is 5.93. The van der Waals surface area contributed by atoms with Crippen molar-refractivity contribution in [3.8, 4) is 0 Å². The number of benzene rings is 1. The van der Waals surface area contributed by atoms with E-state index < -0.39 is 11.5 Å². The van der Waals surface area contributed by atoms with Gasteiger partial charge < -0.3 is 15.7 Å². The molecule has 0 spiro atoms. The molecule has 6 nitrogen and oxygen atoms in total. The molecule has 0 bridgehead atoms. The van der Waals surface area contributed by atoms with Crippen LogP contribution in [0.25, 0.3) is 0 Å². The van der Waals surface area contributed by atoms with Gasteiger partial charge in [-0.15, -0.1) is 0 Å². The van der Waals surface area contributed by atoms with Gasteiger partial charge in [0.1, 0.15) is 5.82 Å². The number of nitrogens with zero attached hydrogens (tertiary/aromatic N) is 2. The van der Waals surface area contributed by atoms with E-state index in [-0.39, 0.29) is 31.4 Å². The van der Waals surface area contributed by atoms with Gasteiger partial charge in [0.05, 0.1) is 6.54 Å². The summed E-state index contributed by atoms with van der Waals surface area (Å²) < 4.78 is 12.8. The van der Waals surface area contributed by atoms with Gasteiger partial charge in [-0.3, -0.25) is 9.69 Å². The Hall–Kier alpha value is -2.15. The summed E-state index contributed by atoms with van der Waals surface area (Å²) in [5.74, 6) is -1.23. The summed E-state index contributed by atoms with van der Waals surface area (Å²) in [6, 6.07) is 5.08. The summed E-state index contributed by atoms with van der Waals surface area (Å²) in [7, 11) is 1.54. The SMILES string of the molecule is CN(C(=O)N1CCC(O)(C(N)=O)C1)c1ccc(F)cc1. The van der Waals surface area contributed by atoms with Crippen LogP contribution >= 0.6 is 0 Å². The van der Waals surface area contributed by atoms with Crippen molar-refractivity contribution in [2.45, 2.75) is 12.0 Å². The summed E-state index contributed by atoms with van der Waals surface area (Å²) in [5.41, 5.74) is 3.97. The van der Waals surface area contributed by atoms with Crippen molar-refractivity contribution in [3.05, 3.63) is 30.1 Å². The quantitative estimate of drug-likeness (QED) is 0.817. The molecule has 3 N–H and O–H groups in total. The fraction of sp³-hybridized carbons (Fsp3) is 0.385. The van der Waals surface area contributed by atoms with Crippen molar-refractivity contribution in [2.75, 3.05) is 25.0 Å². The first kappa shape index (κ1) is 14.3. The second-order valence-electron chi connectivity index (χ2n) is 4.89. The van der Waals surface area contributed by atoms with E-state index in [0.29, 0.717) is 5.69 Å². The third-order valence-electron chi connectivity index (χ3n) is 3.48. The first-order valence-corrected chi connectivity index (χ1v) is 6.14. The number of urea groups is 1. The van der Waals surface area contributed by atoms with Gasteiger partial charge in [0, 0.05) is 25.7 Å². The standard InChI is InChI=1S/C13H16FN3O3/c1-16(10-4-2-9(14)3-5-10)12(19)17-7-6-13(20,8-17)11(15)18/h2-5,20H,6-8H2,1H3,(H2,15,18). The van der Waals surface area contributed by atoms with Gasteiger partial charge in [-0.2, -0.15) is 0 Å². The first-order valence-electron chi connectivity index (χ1n) is 6.14. The Bertz CT molecular complexity index is 534. The average molecular weight is 281 g/mol. The van der Waals surface area contributed by atoms with Gasteiger partial charge in [-0.1, -0.05) is 0 Å². The molecule has 1 aromatic carbocycles. The Morgan fingerprint density at radius 3 is 2.50 bits per heavy atom. The first-order chi connectivity index (χ1) is 9.33. The fourth-order valence-corrected chi connectivity index (χ4v) is 2.15. The third kappa shape index (κ3) is 2.57.